The zero-order valence-electron chi connectivity index (χ0n) is 20.4. The van der Waals surface area contributed by atoms with E-state index in [1.165, 1.54) is 44.7 Å². The van der Waals surface area contributed by atoms with Crippen molar-refractivity contribution in [1.82, 2.24) is 10.2 Å². The van der Waals surface area contributed by atoms with E-state index in [4.69, 9.17) is 9.47 Å². The number of nitrogens with zero attached hydrogens (tertiary/aromatic N) is 1. The number of aromatic nitrogens is 2. The number of hydrogen-bond donors (Lipinski definition) is 1. The molecule has 172 valence electrons. The van der Waals surface area contributed by atoms with Crippen LogP contribution in [0.2, 0.25) is 0 Å². The van der Waals surface area contributed by atoms with Gasteiger partial charge in [0.15, 0.2) is 0 Å². The van der Waals surface area contributed by atoms with E-state index >= 15 is 0 Å². The van der Waals surface area contributed by atoms with Gasteiger partial charge in [-0.2, -0.15) is 5.10 Å². The maximum absolute atomic E-state index is 5.75. The first-order valence-corrected chi connectivity index (χ1v) is 12.0. The molecule has 33 heavy (non-hydrogen) atoms. The molecule has 1 heterocycles. The van der Waals surface area contributed by atoms with Gasteiger partial charge in [-0.25, -0.2) is 0 Å². The Kier molecular flexibility index (Phi) is 5.65. The van der Waals surface area contributed by atoms with Gasteiger partial charge < -0.3 is 9.47 Å². The number of aromatic amines is 1. The highest BCUT2D eigenvalue weighted by atomic mass is 16.5. The summed E-state index contributed by atoms with van der Waals surface area (Å²) in [6.45, 7) is 10.6. The number of benzene rings is 2. The Morgan fingerprint density at radius 1 is 1.09 bits per heavy atom. The van der Waals surface area contributed by atoms with Crippen molar-refractivity contribution in [3.63, 3.8) is 0 Å². The summed E-state index contributed by atoms with van der Waals surface area (Å²) in [7, 11) is 1.72. The Hall–Kier alpha value is -2.85. The fraction of sp³-hybridized carbons (Fsp3) is 0.414. The smallest absolute Gasteiger partial charge is 0.118 e. The van der Waals surface area contributed by atoms with E-state index in [2.05, 4.69) is 80.4 Å². The lowest BCUT2D eigenvalue weighted by molar-refractivity contribution is 0.134. The fourth-order valence-electron chi connectivity index (χ4n) is 5.90. The van der Waals surface area contributed by atoms with Gasteiger partial charge in [0, 0.05) is 6.61 Å². The Morgan fingerprint density at radius 3 is 2.58 bits per heavy atom. The molecule has 0 radical (unpaired) electrons. The Morgan fingerprint density at radius 2 is 1.85 bits per heavy atom. The molecule has 4 nitrogen and oxygen atoms in total. The molecule has 1 N–H and O–H groups in total. The number of hydrogen-bond acceptors (Lipinski definition) is 3. The minimum Gasteiger partial charge on any atom is -0.497 e. The van der Waals surface area contributed by atoms with Crippen LogP contribution in [0, 0.1) is 11.3 Å². The van der Waals surface area contributed by atoms with E-state index in [0.29, 0.717) is 18.4 Å². The molecule has 3 aromatic rings. The zero-order chi connectivity index (χ0) is 23.2. The van der Waals surface area contributed by atoms with Crippen molar-refractivity contribution in [2.75, 3.05) is 13.7 Å². The molecule has 0 spiro atoms. The minimum atomic E-state index is 0.0312. The predicted octanol–water partition coefficient (Wildman–Crippen LogP) is 6.42. The van der Waals surface area contributed by atoms with Gasteiger partial charge in [-0.1, -0.05) is 45.0 Å². The molecule has 0 saturated heterocycles. The van der Waals surface area contributed by atoms with Crippen molar-refractivity contribution in [2.24, 2.45) is 11.3 Å². The predicted molar refractivity (Wildman–Crippen MR) is 133 cm³/mol. The van der Waals surface area contributed by atoms with Crippen molar-refractivity contribution in [2.45, 2.75) is 53.1 Å². The number of allylic oxidation sites excluding steroid dienone is 2. The quantitative estimate of drug-likeness (QED) is 0.479. The van der Waals surface area contributed by atoms with Crippen molar-refractivity contribution in [3.05, 3.63) is 82.2 Å². The summed E-state index contributed by atoms with van der Waals surface area (Å²) in [5, 5.41) is 7.84. The average Bonchev–Trinajstić information content (AvgIpc) is 3.27. The SMILES string of the molecule is CCOCc1ccc2c(c1)C1=C(c3[nH]ncc3CC1(C)C)C(Cc1ccc(OC)cc1)C2C. The molecule has 2 unspecified atom stereocenters. The second kappa shape index (κ2) is 8.49. The lowest BCUT2D eigenvalue weighted by atomic mass is 9.59. The molecular weight excluding hydrogens is 408 g/mol. The van der Waals surface area contributed by atoms with Crippen LogP contribution in [0.1, 0.15) is 67.1 Å². The Bertz CT molecular complexity index is 1190. The fourth-order valence-corrected chi connectivity index (χ4v) is 5.90. The standard InChI is InChI=1S/C29H34N2O2/c1-6-33-17-20-9-12-23-18(2)24(13-19-7-10-22(32-5)11-8-19)26-27(25(23)14-20)29(3,4)15-21-16-30-31-28(21)26/h7-12,14,16,18,24H,6,13,15,17H2,1-5H3,(H,30,31). The van der Waals surface area contributed by atoms with Crippen LogP contribution in [0.3, 0.4) is 0 Å². The van der Waals surface area contributed by atoms with Crippen LogP contribution in [-0.4, -0.2) is 23.9 Å². The molecule has 2 atom stereocenters. The first kappa shape index (κ1) is 22.0. The van der Waals surface area contributed by atoms with Gasteiger partial charge in [0.25, 0.3) is 0 Å². The molecule has 0 saturated carbocycles. The van der Waals surface area contributed by atoms with Crippen LogP contribution in [0.15, 0.2) is 48.7 Å². The third-order valence-corrected chi connectivity index (χ3v) is 7.51. The van der Waals surface area contributed by atoms with Gasteiger partial charge in [-0.3, -0.25) is 5.10 Å². The Balaban J connectivity index is 1.67. The van der Waals surface area contributed by atoms with Gasteiger partial charge >= 0.3 is 0 Å². The highest BCUT2D eigenvalue weighted by Gasteiger charge is 2.43. The number of nitrogens with one attached hydrogen (secondary N) is 1. The highest BCUT2D eigenvalue weighted by molar-refractivity contribution is 5.98. The molecule has 2 aromatic carbocycles. The number of fused-ring (bicyclic) bond motifs is 4. The van der Waals surface area contributed by atoms with Gasteiger partial charge in [0.1, 0.15) is 5.75 Å². The summed E-state index contributed by atoms with van der Waals surface area (Å²) in [6.07, 6.45) is 4.01. The van der Waals surface area contributed by atoms with Crippen LogP contribution < -0.4 is 4.74 Å². The molecule has 0 amide bonds. The summed E-state index contributed by atoms with van der Waals surface area (Å²) in [5.74, 6) is 1.67. The third kappa shape index (κ3) is 3.80. The second-order valence-corrected chi connectivity index (χ2v) is 10.1. The van der Waals surface area contributed by atoms with Gasteiger partial charge in [0.2, 0.25) is 0 Å². The van der Waals surface area contributed by atoms with Crippen LogP contribution in [-0.2, 0) is 24.2 Å². The van der Waals surface area contributed by atoms with Crippen molar-refractivity contribution < 1.29 is 9.47 Å². The van der Waals surface area contributed by atoms with Crippen LogP contribution in [0.5, 0.6) is 5.75 Å². The van der Waals surface area contributed by atoms with Crippen molar-refractivity contribution in [1.29, 1.82) is 0 Å². The lowest BCUT2D eigenvalue weighted by Crippen LogP contribution is -2.32. The van der Waals surface area contributed by atoms with Gasteiger partial charge in [0.05, 0.1) is 25.6 Å². The number of H-pyrrole nitrogens is 1. The monoisotopic (exact) mass is 442 g/mol. The number of methoxy groups -OCH3 is 1. The first-order valence-electron chi connectivity index (χ1n) is 12.0. The molecule has 0 fully saturated rings. The molecular formula is C29H34N2O2. The molecule has 0 bridgehead atoms. The number of rotatable bonds is 6. The average molecular weight is 443 g/mol. The summed E-state index contributed by atoms with van der Waals surface area (Å²) in [5.41, 5.74) is 10.9. The first-order chi connectivity index (χ1) is 15.9. The zero-order valence-corrected chi connectivity index (χ0v) is 20.4. The van der Waals surface area contributed by atoms with E-state index in [9.17, 15) is 0 Å². The summed E-state index contributed by atoms with van der Waals surface area (Å²) < 4.78 is 11.1. The Labute approximate surface area is 197 Å². The molecule has 0 aliphatic heterocycles. The molecule has 4 heteroatoms. The van der Waals surface area contributed by atoms with Crippen LogP contribution in [0.25, 0.3) is 11.1 Å². The van der Waals surface area contributed by atoms with Crippen LogP contribution >= 0.6 is 0 Å². The van der Waals surface area contributed by atoms with Crippen molar-refractivity contribution in [3.8, 4) is 5.75 Å². The van der Waals surface area contributed by atoms with Gasteiger partial charge in [-0.15, -0.1) is 0 Å². The minimum absolute atomic E-state index is 0.0312. The lowest BCUT2D eigenvalue weighted by Gasteiger charge is -2.44. The maximum atomic E-state index is 5.75. The molecule has 2 aliphatic rings. The summed E-state index contributed by atoms with van der Waals surface area (Å²) in [4.78, 5) is 0. The maximum Gasteiger partial charge on any atom is 0.118 e. The van der Waals surface area contributed by atoms with E-state index < -0.39 is 0 Å². The molecule has 1 aromatic heterocycles. The molecule has 2 aliphatic carbocycles. The topological polar surface area (TPSA) is 47.1 Å². The van der Waals surface area contributed by atoms with E-state index in [1.807, 2.05) is 6.20 Å². The highest BCUT2D eigenvalue weighted by Crippen LogP contribution is 2.57. The van der Waals surface area contributed by atoms with Gasteiger partial charge in [-0.05, 0) is 94.2 Å². The largest absolute Gasteiger partial charge is 0.497 e. The second-order valence-electron chi connectivity index (χ2n) is 10.1. The summed E-state index contributed by atoms with van der Waals surface area (Å²) in [6, 6.07) is 15.5. The van der Waals surface area contributed by atoms with E-state index in [1.54, 1.807) is 7.11 Å². The van der Waals surface area contributed by atoms with Crippen molar-refractivity contribution >= 4 is 11.1 Å². The molecule has 5 rings (SSSR count). The normalized spacial score (nSPS) is 20.8. The van der Waals surface area contributed by atoms with Crippen LogP contribution in [0.4, 0.5) is 0 Å². The number of ether oxygens (including phenoxy) is 2. The summed E-state index contributed by atoms with van der Waals surface area (Å²) >= 11 is 0. The van der Waals surface area contributed by atoms with E-state index in [-0.39, 0.29) is 5.41 Å². The third-order valence-electron chi connectivity index (χ3n) is 7.51. The van der Waals surface area contributed by atoms with E-state index in [0.717, 1.165) is 25.2 Å².